The highest BCUT2D eigenvalue weighted by molar-refractivity contribution is 5.76. The van der Waals surface area contributed by atoms with E-state index in [2.05, 4.69) is 22.5 Å². The van der Waals surface area contributed by atoms with Gasteiger partial charge in [0.2, 0.25) is 5.91 Å². The first-order chi connectivity index (χ1) is 9.76. The van der Waals surface area contributed by atoms with E-state index in [1.165, 1.54) is 38.5 Å². The summed E-state index contributed by atoms with van der Waals surface area (Å²) in [7, 11) is 0. The quantitative estimate of drug-likeness (QED) is 0.822. The highest BCUT2D eigenvalue weighted by Crippen LogP contribution is 2.32. The summed E-state index contributed by atoms with van der Waals surface area (Å²) >= 11 is 0. The number of piperidine rings is 1. The van der Waals surface area contributed by atoms with Crippen LogP contribution in [0.2, 0.25) is 0 Å². The molecule has 0 aromatic carbocycles. The van der Waals surface area contributed by atoms with E-state index in [9.17, 15) is 4.79 Å². The number of rotatable bonds is 4. The van der Waals surface area contributed by atoms with Crippen molar-refractivity contribution in [1.29, 1.82) is 0 Å². The highest BCUT2D eigenvalue weighted by Gasteiger charge is 2.38. The Labute approximate surface area is 122 Å². The lowest BCUT2D eigenvalue weighted by Crippen LogP contribution is -2.52. The molecule has 3 unspecified atom stereocenters. The number of nitrogens with zero attached hydrogens (tertiary/aromatic N) is 1. The smallest absolute Gasteiger partial charge is 0.221 e. The molecular weight excluding hydrogens is 250 g/mol. The Bertz CT molecular complexity index is 335. The molecule has 3 atom stereocenters. The Balaban J connectivity index is 1.69. The lowest BCUT2D eigenvalue weighted by Gasteiger charge is -2.41. The fourth-order valence-electron chi connectivity index (χ4n) is 4.46. The van der Waals surface area contributed by atoms with Crippen molar-refractivity contribution < 1.29 is 4.79 Å². The van der Waals surface area contributed by atoms with E-state index in [-0.39, 0.29) is 5.91 Å². The van der Waals surface area contributed by atoms with Crippen LogP contribution in [0, 0.1) is 0 Å². The fraction of sp³-hybridized carbons (Fsp3) is 0.938. The third-order valence-corrected chi connectivity index (χ3v) is 5.33. The number of hydrogen-bond donors (Lipinski definition) is 2. The van der Waals surface area contributed by atoms with Crippen molar-refractivity contribution in [3.8, 4) is 0 Å². The van der Waals surface area contributed by atoms with Crippen LogP contribution in [0.3, 0.4) is 0 Å². The summed E-state index contributed by atoms with van der Waals surface area (Å²) in [5, 5.41) is 6.76. The van der Waals surface area contributed by atoms with E-state index >= 15 is 0 Å². The second-order valence-corrected chi connectivity index (χ2v) is 6.85. The molecule has 4 heteroatoms. The molecule has 3 fully saturated rings. The maximum absolute atomic E-state index is 11.9. The lowest BCUT2D eigenvalue weighted by molar-refractivity contribution is -0.122. The lowest BCUT2D eigenvalue weighted by atomic mass is 9.94. The van der Waals surface area contributed by atoms with E-state index in [0.29, 0.717) is 18.5 Å². The Morgan fingerprint density at radius 1 is 1.15 bits per heavy atom. The molecule has 0 saturated carbocycles. The molecular formula is C16H29N3O. The van der Waals surface area contributed by atoms with Gasteiger partial charge in [0.1, 0.15) is 0 Å². The average molecular weight is 279 g/mol. The second kappa shape index (κ2) is 6.44. The molecule has 114 valence electrons. The van der Waals surface area contributed by atoms with Crippen molar-refractivity contribution in [3.05, 3.63) is 0 Å². The van der Waals surface area contributed by atoms with Gasteiger partial charge in [-0.2, -0.15) is 0 Å². The van der Waals surface area contributed by atoms with Crippen molar-refractivity contribution >= 4 is 5.91 Å². The standard InChI is InChI=1S/C16H29N3O/c1-2-8-19(14-4-3-7-17-16(20)11-14)15-9-12-5-6-13(10-15)18-12/h12-15,18H,2-11H2,1H3,(H,17,20). The van der Waals surface area contributed by atoms with Gasteiger partial charge in [0, 0.05) is 37.1 Å². The molecule has 0 spiro atoms. The Hall–Kier alpha value is -0.610. The fourth-order valence-corrected chi connectivity index (χ4v) is 4.46. The van der Waals surface area contributed by atoms with Crippen LogP contribution in [0.15, 0.2) is 0 Å². The van der Waals surface area contributed by atoms with Crippen LogP contribution in [-0.2, 0) is 4.79 Å². The van der Waals surface area contributed by atoms with Gasteiger partial charge < -0.3 is 10.6 Å². The van der Waals surface area contributed by atoms with Crippen molar-refractivity contribution in [2.75, 3.05) is 13.1 Å². The summed E-state index contributed by atoms with van der Waals surface area (Å²) in [6.45, 7) is 4.29. The van der Waals surface area contributed by atoms with Gasteiger partial charge in [-0.1, -0.05) is 6.92 Å². The largest absolute Gasteiger partial charge is 0.356 e. The second-order valence-electron chi connectivity index (χ2n) is 6.85. The van der Waals surface area contributed by atoms with Gasteiger partial charge in [-0.3, -0.25) is 9.69 Å². The molecule has 0 radical (unpaired) electrons. The van der Waals surface area contributed by atoms with Crippen LogP contribution >= 0.6 is 0 Å². The number of hydrogen-bond acceptors (Lipinski definition) is 3. The van der Waals surface area contributed by atoms with Crippen LogP contribution in [0.5, 0.6) is 0 Å². The monoisotopic (exact) mass is 279 g/mol. The molecule has 1 amide bonds. The number of nitrogens with one attached hydrogen (secondary N) is 2. The van der Waals surface area contributed by atoms with E-state index in [4.69, 9.17) is 0 Å². The SMILES string of the molecule is CCCN(C1CCCNC(=O)C1)C1CC2CCC(C1)N2. The molecule has 2 bridgehead atoms. The maximum atomic E-state index is 11.9. The Morgan fingerprint density at radius 2 is 1.90 bits per heavy atom. The first-order valence-corrected chi connectivity index (χ1v) is 8.54. The zero-order valence-corrected chi connectivity index (χ0v) is 12.7. The molecule has 3 aliphatic heterocycles. The van der Waals surface area contributed by atoms with Crippen LogP contribution in [0.1, 0.15) is 58.3 Å². The molecule has 0 aromatic heterocycles. The summed E-state index contributed by atoms with van der Waals surface area (Å²) in [5.41, 5.74) is 0. The molecule has 3 rings (SSSR count). The summed E-state index contributed by atoms with van der Waals surface area (Å²) in [5.74, 6) is 0.255. The van der Waals surface area contributed by atoms with Crippen molar-refractivity contribution in [3.63, 3.8) is 0 Å². The summed E-state index contributed by atoms with van der Waals surface area (Å²) in [6, 6.07) is 2.64. The van der Waals surface area contributed by atoms with Gasteiger partial charge in [-0.05, 0) is 51.5 Å². The molecule has 20 heavy (non-hydrogen) atoms. The number of carbonyl (C=O) groups is 1. The van der Waals surface area contributed by atoms with Crippen molar-refractivity contribution in [2.45, 2.75) is 82.5 Å². The predicted octanol–water partition coefficient (Wildman–Crippen LogP) is 1.65. The van der Waals surface area contributed by atoms with Crippen molar-refractivity contribution in [2.24, 2.45) is 0 Å². The minimum atomic E-state index is 0.255. The first kappa shape index (κ1) is 14.3. The minimum absolute atomic E-state index is 0.255. The van der Waals surface area contributed by atoms with Gasteiger partial charge >= 0.3 is 0 Å². The van der Waals surface area contributed by atoms with E-state index in [1.54, 1.807) is 0 Å². The van der Waals surface area contributed by atoms with Crippen LogP contribution in [-0.4, -0.2) is 48.1 Å². The zero-order valence-electron chi connectivity index (χ0n) is 12.7. The topological polar surface area (TPSA) is 44.4 Å². The van der Waals surface area contributed by atoms with E-state index in [1.807, 2.05) is 0 Å². The minimum Gasteiger partial charge on any atom is -0.356 e. The summed E-state index contributed by atoms with van der Waals surface area (Å²) < 4.78 is 0. The molecule has 3 heterocycles. The van der Waals surface area contributed by atoms with Crippen LogP contribution in [0.4, 0.5) is 0 Å². The molecule has 3 saturated heterocycles. The third kappa shape index (κ3) is 3.17. The first-order valence-electron chi connectivity index (χ1n) is 8.54. The van der Waals surface area contributed by atoms with Gasteiger partial charge in [0.25, 0.3) is 0 Å². The zero-order chi connectivity index (χ0) is 13.9. The molecule has 4 nitrogen and oxygen atoms in total. The normalized spacial score (nSPS) is 37.8. The van der Waals surface area contributed by atoms with E-state index in [0.717, 1.165) is 31.6 Å². The predicted molar refractivity (Wildman–Crippen MR) is 80.6 cm³/mol. The highest BCUT2D eigenvalue weighted by atomic mass is 16.1. The van der Waals surface area contributed by atoms with E-state index < -0.39 is 0 Å². The maximum Gasteiger partial charge on any atom is 0.221 e. The van der Waals surface area contributed by atoms with Gasteiger partial charge in [-0.15, -0.1) is 0 Å². The number of fused-ring (bicyclic) bond motifs is 2. The molecule has 0 aromatic rings. The van der Waals surface area contributed by atoms with Crippen molar-refractivity contribution in [1.82, 2.24) is 15.5 Å². The van der Waals surface area contributed by atoms with Gasteiger partial charge in [-0.25, -0.2) is 0 Å². The summed E-state index contributed by atoms with van der Waals surface area (Å²) in [6.07, 6.45) is 9.49. The van der Waals surface area contributed by atoms with Gasteiger partial charge in [0.05, 0.1) is 0 Å². The number of amides is 1. The average Bonchev–Trinajstić information content (AvgIpc) is 2.65. The molecule has 2 N–H and O–H groups in total. The van der Waals surface area contributed by atoms with Crippen LogP contribution < -0.4 is 10.6 Å². The third-order valence-electron chi connectivity index (χ3n) is 5.33. The Morgan fingerprint density at radius 3 is 2.60 bits per heavy atom. The van der Waals surface area contributed by atoms with Crippen LogP contribution in [0.25, 0.3) is 0 Å². The Kier molecular flexibility index (Phi) is 4.61. The molecule has 3 aliphatic rings. The summed E-state index contributed by atoms with van der Waals surface area (Å²) in [4.78, 5) is 14.6. The number of carbonyl (C=O) groups excluding carboxylic acids is 1. The van der Waals surface area contributed by atoms with Gasteiger partial charge in [0.15, 0.2) is 0 Å². The molecule has 0 aliphatic carbocycles.